The molecule has 0 aliphatic carbocycles. The molecule has 0 atom stereocenters. The molecule has 0 amide bonds. The Morgan fingerprint density at radius 3 is 2.67 bits per heavy atom. The highest BCUT2D eigenvalue weighted by atomic mass is 35.5. The van der Waals surface area contributed by atoms with Crippen molar-refractivity contribution >= 4 is 23.3 Å². The summed E-state index contributed by atoms with van der Waals surface area (Å²) in [5, 5.41) is 15.9. The van der Waals surface area contributed by atoms with E-state index in [1.54, 1.807) is 11.7 Å². The van der Waals surface area contributed by atoms with Crippen LogP contribution in [-0.2, 0) is 13.5 Å². The molecule has 108 valence electrons. The van der Waals surface area contributed by atoms with Crippen LogP contribution in [0.3, 0.4) is 0 Å². The van der Waals surface area contributed by atoms with Crippen LogP contribution in [0.4, 0.5) is 11.7 Å². The topological polar surface area (TPSA) is 68.8 Å². The number of halogens is 1. The largest absolute Gasteiger partial charge is 0.401 e. The molecule has 0 unspecified atom stereocenters. The van der Waals surface area contributed by atoms with Crippen LogP contribution in [0, 0.1) is 0 Å². The molecule has 7 heteroatoms. The highest BCUT2D eigenvalue weighted by Gasteiger charge is 2.20. The highest BCUT2D eigenvalue weighted by molar-refractivity contribution is 6.33. The molecule has 21 heavy (non-hydrogen) atoms. The minimum atomic E-state index is 0.312. The molecular formula is C14H14ClN5O. The summed E-state index contributed by atoms with van der Waals surface area (Å²) < 4.78 is 7.27. The Morgan fingerprint density at radius 2 is 2.00 bits per heavy atom. The normalized spacial score (nSPS) is 10.8. The molecule has 1 aromatic carbocycles. The lowest BCUT2D eigenvalue weighted by Gasteiger charge is -1.99. The third kappa shape index (κ3) is 2.62. The Kier molecular flexibility index (Phi) is 3.62. The summed E-state index contributed by atoms with van der Waals surface area (Å²) in [7, 11) is 1.80. The van der Waals surface area contributed by atoms with Gasteiger partial charge in [0.2, 0.25) is 0 Å². The quantitative estimate of drug-likeness (QED) is 0.799. The zero-order valence-corrected chi connectivity index (χ0v) is 12.4. The summed E-state index contributed by atoms with van der Waals surface area (Å²) in [6.07, 6.45) is 0.746. The van der Waals surface area contributed by atoms with Crippen molar-refractivity contribution in [1.82, 2.24) is 20.0 Å². The van der Waals surface area contributed by atoms with E-state index in [4.69, 9.17) is 16.0 Å². The van der Waals surface area contributed by atoms with Crippen molar-refractivity contribution < 1.29 is 4.42 Å². The first-order valence-electron chi connectivity index (χ1n) is 6.56. The maximum atomic E-state index is 6.30. The van der Waals surface area contributed by atoms with Crippen molar-refractivity contribution in [3.63, 3.8) is 0 Å². The predicted molar refractivity (Wildman–Crippen MR) is 80.6 cm³/mol. The van der Waals surface area contributed by atoms with Crippen LogP contribution in [0.1, 0.15) is 12.6 Å². The predicted octanol–water partition coefficient (Wildman–Crippen LogP) is 3.43. The summed E-state index contributed by atoms with van der Waals surface area (Å²) in [4.78, 5) is 0. The number of rotatable bonds is 4. The van der Waals surface area contributed by atoms with Crippen LogP contribution in [0.25, 0.3) is 11.6 Å². The van der Waals surface area contributed by atoms with Gasteiger partial charge in [-0.2, -0.15) is 5.10 Å². The van der Waals surface area contributed by atoms with Crippen molar-refractivity contribution in [1.29, 1.82) is 0 Å². The number of aromatic nitrogens is 4. The van der Waals surface area contributed by atoms with E-state index < -0.39 is 0 Å². The zero-order valence-electron chi connectivity index (χ0n) is 11.7. The molecule has 3 aromatic rings. The third-order valence-electron chi connectivity index (χ3n) is 3.04. The monoisotopic (exact) mass is 303 g/mol. The van der Waals surface area contributed by atoms with Gasteiger partial charge in [0.25, 0.3) is 5.89 Å². The van der Waals surface area contributed by atoms with Gasteiger partial charge in [0.15, 0.2) is 0 Å². The van der Waals surface area contributed by atoms with E-state index in [9.17, 15) is 0 Å². The highest BCUT2D eigenvalue weighted by Crippen LogP contribution is 2.30. The summed E-state index contributed by atoms with van der Waals surface area (Å²) in [5.74, 6) is 0.341. The van der Waals surface area contributed by atoms with Gasteiger partial charge >= 0.3 is 6.01 Å². The molecular weight excluding hydrogens is 290 g/mol. The molecule has 0 radical (unpaired) electrons. The van der Waals surface area contributed by atoms with E-state index in [2.05, 4.69) is 20.6 Å². The Hall–Kier alpha value is -2.34. The molecule has 6 nitrogen and oxygen atoms in total. The van der Waals surface area contributed by atoms with E-state index in [0.29, 0.717) is 22.6 Å². The van der Waals surface area contributed by atoms with Crippen LogP contribution >= 0.6 is 11.6 Å². The molecule has 1 N–H and O–H groups in total. The maximum Gasteiger partial charge on any atom is 0.320 e. The molecule has 0 aliphatic rings. The smallest absolute Gasteiger partial charge is 0.320 e. The van der Waals surface area contributed by atoms with Gasteiger partial charge in [-0.25, -0.2) is 0 Å². The van der Waals surface area contributed by atoms with Gasteiger partial charge < -0.3 is 9.73 Å². The number of hydrogen-bond donors (Lipinski definition) is 1. The van der Waals surface area contributed by atoms with Crippen LogP contribution < -0.4 is 5.32 Å². The Bertz CT molecular complexity index is 750. The van der Waals surface area contributed by atoms with Crippen LogP contribution in [0.15, 0.2) is 34.7 Å². The second-order valence-electron chi connectivity index (χ2n) is 4.49. The number of hydrogen-bond acceptors (Lipinski definition) is 5. The van der Waals surface area contributed by atoms with E-state index in [1.165, 1.54) is 0 Å². The third-order valence-corrected chi connectivity index (χ3v) is 3.44. The number of anilines is 2. The van der Waals surface area contributed by atoms with Crippen LogP contribution in [0.5, 0.6) is 0 Å². The summed E-state index contributed by atoms with van der Waals surface area (Å²) in [5.41, 5.74) is 2.31. The lowest BCUT2D eigenvalue weighted by Crippen LogP contribution is -1.94. The van der Waals surface area contributed by atoms with Crippen LogP contribution in [-0.4, -0.2) is 20.0 Å². The second kappa shape index (κ2) is 5.57. The van der Waals surface area contributed by atoms with Gasteiger partial charge in [-0.05, 0) is 18.6 Å². The van der Waals surface area contributed by atoms with Crippen molar-refractivity contribution in [2.24, 2.45) is 7.05 Å². The zero-order chi connectivity index (χ0) is 14.8. The van der Waals surface area contributed by atoms with Gasteiger partial charge in [0.1, 0.15) is 5.69 Å². The van der Waals surface area contributed by atoms with Crippen molar-refractivity contribution in [3.05, 3.63) is 41.0 Å². The fourth-order valence-corrected chi connectivity index (χ4v) is 2.40. The Morgan fingerprint density at radius 1 is 1.24 bits per heavy atom. The van der Waals surface area contributed by atoms with Crippen molar-refractivity contribution in [2.75, 3.05) is 5.32 Å². The Balaban J connectivity index is 1.90. The molecule has 0 aliphatic heterocycles. The van der Waals surface area contributed by atoms with Gasteiger partial charge in [0.05, 0.1) is 10.7 Å². The van der Waals surface area contributed by atoms with E-state index in [0.717, 1.165) is 17.8 Å². The Labute approximate surface area is 126 Å². The SMILES string of the molecule is CCc1nn(C)c(-c2nnc(Nc3ccccc3)o2)c1Cl. The molecule has 0 spiro atoms. The fraction of sp³-hybridized carbons (Fsp3) is 0.214. The first kappa shape index (κ1) is 13.6. The molecule has 0 saturated carbocycles. The van der Waals surface area contributed by atoms with Crippen LogP contribution in [0.2, 0.25) is 5.02 Å². The number of para-hydroxylation sites is 1. The molecule has 0 bridgehead atoms. The van der Waals surface area contributed by atoms with Gasteiger partial charge in [-0.3, -0.25) is 4.68 Å². The number of nitrogens with one attached hydrogen (secondary N) is 1. The van der Waals surface area contributed by atoms with Crippen molar-refractivity contribution in [3.8, 4) is 11.6 Å². The van der Waals surface area contributed by atoms with E-state index in [-0.39, 0.29) is 0 Å². The number of aryl methyl sites for hydroxylation is 2. The first-order chi connectivity index (χ1) is 10.2. The maximum absolute atomic E-state index is 6.30. The molecule has 2 heterocycles. The van der Waals surface area contributed by atoms with Gasteiger partial charge in [0, 0.05) is 12.7 Å². The molecule has 0 saturated heterocycles. The molecule has 0 fully saturated rings. The minimum Gasteiger partial charge on any atom is -0.401 e. The lowest BCUT2D eigenvalue weighted by molar-refractivity contribution is 0.577. The summed E-state index contributed by atoms with van der Waals surface area (Å²) in [6.45, 7) is 1.99. The summed E-state index contributed by atoms with van der Waals surface area (Å²) >= 11 is 6.30. The number of benzene rings is 1. The van der Waals surface area contributed by atoms with Crippen molar-refractivity contribution in [2.45, 2.75) is 13.3 Å². The number of nitrogens with zero attached hydrogens (tertiary/aromatic N) is 4. The van der Waals surface area contributed by atoms with E-state index >= 15 is 0 Å². The fourth-order valence-electron chi connectivity index (χ4n) is 2.03. The average molecular weight is 304 g/mol. The van der Waals surface area contributed by atoms with E-state index in [1.807, 2.05) is 37.3 Å². The lowest BCUT2D eigenvalue weighted by atomic mass is 10.3. The van der Waals surface area contributed by atoms with Gasteiger partial charge in [-0.1, -0.05) is 41.8 Å². The molecule has 3 rings (SSSR count). The van der Waals surface area contributed by atoms with Gasteiger partial charge in [-0.15, -0.1) is 5.10 Å². The average Bonchev–Trinajstić information content (AvgIpc) is 3.04. The first-order valence-corrected chi connectivity index (χ1v) is 6.94. The second-order valence-corrected chi connectivity index (χ2v) is 4.87. The summed E-state index contributed by atoms with van der Waals surface area (Å²) in [6, 6.07) is 9.92. The standard InChI is InChI=1S/C14H14ClN5O/c1-3-10-11(15)12(20(2)19-10)13-17-18-14(21-13)16-9-7-5-4-6-8-9/h4-8H,3H2,1-2H3,(H,16,18). The minimum absolute atomic E-state index is 0.312. The molecule has 2 aromatic heterocycles.